The molecule has 0 radical (unpaired) electrons. The number of alkyl halides is 3. The van der Waals surface area contributed by atoms with Crippen molar-refractivity contribution in [3.63, 3.8) is 0 Å². The highest BCUT2D eigenvalue weighted by atomic mass is 32.1. The van der Waals surface area contributed by atoms with Gasteiger partial charge in [-0.2, -0.15) is 21.9 Å². The van der Waals surface area contributed by atoms with Crippen molar-refractivity contribution in [2.75, 3.05) is 0 Å². The number of hydrogen-bond donors (Lipinski definition) is 0. The first-order chi connectivity index (χ1) is 6.49. The molecule has 7 heteroatoms. The third-order valence-electron chi connectivity index (χ3n) is 1.51. The van der Waals surface area contributed by atoms with Crippen LogP contribution in [0.4, 0.5) is 13.2 Å². The molecule has 0 aliphatic rings. The average molecular weight is 224 g/mol. The molecule has 0 aliphatic heterocycles. The fourth-order valence-electron chi connectivity index (χ4n) is 0.865. The van der Waals surface area contributed by atoms with Crippen molar-refractivity contribution in [2.45, 2.75) is 25.4 Å². The quantitative estimate of drug-likeness (QED) is 0.738. The van der Waals surface area contributed by atoms with Crippen LogP contribution < -0.4 is 0 Å². The lowest BCUT2D eigenvalue weighted by Crippen LogP contribution is -2.08. The number of halogens is 3. The number of nitrogens with zero attached hydrogens (tertiary/aromatic N) is 2. The van der Waals surface area contributed by atoms with E-state index in [1.54, 1.807) is 0 Å². The summed E-state index contributed by atoms with van der Waals surface area (Å²) in [5.74, 6) is -0.386. The van der Waals surface area contributed by atoms with Crippen LogP contribution in [0.1, 0.15) is 29.8 Å². The van der Waals surface area contributed by atoms with Crippen LogP contribution >= 0.6 is 11.7 Å². The second-order valence-electron chi connectivity index (χ2n) is 2.68. The van der Waals surface area contributed by atoms with Gasteiger partial charge in [-0.05, 0) is 6.42 Å². The second kappa shape index (κ2) is 4.50. The number of aromatic nitrogens is 2. The molecule has 1 aromatic rings. The molecule has 0 saturated carbocycles. The fourth-order valence-corrected chi connectivity index (χ4v) is 1.30. The van der Waals surface area contributed by atoms with E-state index in [0.29, 0.717) is 0 Å². The monoisotopic (exact) mass is 224 g/mol. The Bertz CT molecular complexity index is 296. The van der Waals surface area contributed by atoms with Gasteiger partial charge in [0, 0.05) is 12.8 Å². The predicted molar refractivity (Wildman–Crippen MR) is 44.1 cm³/mol. The molecule has 0 amide bonds. The fraction of sp³-hybridized carbons (Fsp3) is 0.571. The zero-order valence-corrected chi connectivity index (χ0v) is 7.86. The third kappa shape index (κ3) is 3.82. The van der Waals surface area contributed by atoms with E-state index < -0.39 is 12.6 Å². The highest BCUT2D eigenvalue weighted by Crippen LogP contribution is 2.22. The van der Waals surface area contributed by atoms with Crippen LogP contribution in [0.5, 0.6) is 0 Å². The van der Waals surface area contributed by atoms with Gasteiger partial charge in [0.2, 0.25) is 0 Å². The Morgan fingerprint density at radius 2 is 2.21 bits per heavy atom. The first kappa shape index (κ1) is 11.1. The topological polar surface area (TPSA) is 42.9 Å². The molecule has 0 unspecified atom stereocenters. The number of rotatable bonds is 4. The molecular formula is C7H7F3N2OS. The number of carbonyl (C=O) groups excluding carboxylic acids is 1. The molecule has 0 spiro atoms. The van der Waals surface area contributed by atoms with Gasteiger partial charge in [0.25, 0.3) is 0 Å². The summed E-state index contributed by atoms with van der Waals surface area (Å²) in [5, 5.41) is 0. The summed E-state index contributed by atoms with van der Waals surface area (Å²) in [7, 11) is 0. The van der Waals surface area contributed by atoms with Gasteiger partial charge in [-0.25, -0.2) is 0 Å². The first-order valence-corrected chi connectivity index (χ1v) is 4.59. The summed E-state index contributed by atoms with van der Waals surface area (Å²) in [4.78, 5) is 11.1. The number of ketones is 1. The summed E-state index contributed by atoms with van der Waals surface area (Å²) in [6, 6.07) is 0. The summed E-state index contributed by atoms with van der Waals surface area (Å²) in [5.41, 5.74) is 0.150. The summed E-state index contributed by atoms with van der Waals surface area (Å²) in [6.45, 7) is 0. The zero-order valence-electron chi connectivity index (χ0n) is 7.04. The lowest BCUT2D eigenvalue weighted by atomic mass is 10.1. The number of Topliss-reactive ketones (excluding diaryl/α,β-unsaturated/α-hetero) is 1. The van der Waals surface area contributed by atoms with Crippen LogP contribution in [0.25, 0.3) is 0 Å². The molecule has 0 atom stereocenters. The molecule has 1 heterocycles. The Balaban J connectivity index is 2.30. The maximum atomic E-state index is 11.7. The van der Waals surface area contributed by atoms with E-state index in [2.05, 4.69) is 8.75 Å². The Kier molecular flexibility index (Phi) is 3.56. The van der Waals surface area contributed by atoms with Gasteiger partial charge < -0.3 is 0 Å². The van der Waals surface area contributed by atoms with Gasteiger partial charge in [0.15, 0.2) is 5.78 Å². The molecule has 1 aromatic heterocycles. The van der Waals surface area contributed by atoms with Crippen molar-refractivity contribution in [3.05, 3.63) is 11.9 Å². The van der Waals surface area contributed by atoms with Gasteiger partial charge in [-0.3, -0.25) is 4.79 Å². The molecule has 0 saturated heterocycles. The highest BCUT2D eigenvalue weighted by Gasteiger charge is 2.26. The Morgan fingerprint density at radius 1 is 1.50 bits per heavy atom. The van der Waals surface area contributed by atoms with E-state index in [1.807, 2.05) is 0 Å². The van der Waals surface area contributed by atoms with Crippen LogP contribution in [0.15, 0.2) is 6.20 Å². The highest BCUT2D eigenvalue weighted by molar-refractivity contribution is 6.99. The van der Waals surface area contributed by atoms with Crippen LogP contribution in [-0.4, -0.2) is 20.7 Å². The maximum Gasteiger partial charge on any atom is 0.389 e. The van der Waals surface area contributed by atoms with Gasteiger partial charge >= 0.3 is 6.18 Å². The molecule has 78 valence electrons. The van der Waals surface area contributed by atoms with E-state index >= 15 is 0 Å². The first-order valence-electron chi connectivity index (χ1n) is 3.86. The van der Waals surface area contributed by atoms with Gasteiger partial charge in [-0.1, -0.05) is 0 Å². The van der Waals surface area contributed by atoms with E-state index in [0.717, 1.165) is 11.7 Å². The van der Waals surface area contributed by atoms with E-state index in [-0.39, 0.29) is 24.3 Å². The van der Waals surface area contributed by atoms with Gasteiger partial charge in [-0.15, -0.1) is 0 Å². The third-order valence-corrected chi connectivity index (χ3v) is 1.99. The number of carbonyl (C=O) groups is 1. The van der Waals surface area contributed by atoms with Crippen molar-refractivity contribution in [1.29, 1.82) is 0 Å². The number of hydrogen-bond acceptors (Lipinski definition) is 4. The molecule has 3 nitrogen and oxygen atoms in total. The molecule has 14 heavy (non-hydrogen) atoms. The maximum absolute atomic E-state index is 11.7. The van der Waals surface area contributed by atoms with Crippen molar-refractivity contribution in [2.24, 2.45) is 0 Å². The van der Waals surface area contributed by atoms with Crippen molar-refractivity contribution < 1.29 is 18.0 Å². The smallest absolute Gasteiger partial charge is 0.292 e. The van der Waals surface area contributed by atoms with Crippen molar-refractivity contribution in [1.82, 2.24) is 8.75 Å². The van der Waals surface area contributed by atoms with Crippen LogP contribution in [0.3, 0.4) is 0 Å². The lowest BCUT2D eigenvalue weighted by molar-refractivity contribution is -0.135. The Labute approximate surface area is 82.3 Å². The predicted octanol–water partition coefficient (Wildman–Crippen LogP) is 2.45. The van der Waals surface area contributed by atoms with E-state index in [9.17, 15) is 18.0 Å². The normalized spacial score (nSPS) is 11.6. The lowest BCUT2D eigenvalue weighted by Gasteiger charge is -2.03. The van der Waals surface area contributed by atoms with E-state index in [4.69, 9.17) is 0 Å². The molecule has 0 aliphatic carbocycles. The summed E-state index contributed by atoms with van der Waals surface area (Å²) >= 11 is 0.864. The minimum atomic E-state index is -4.19. The largest absolute Gasteiger partial charge is 0.389 e. The summed E-state index contributed by atoms with van der Waals surface area (Å²) < 4.78 is 42.4. The Morgan fingerprint density at radius 3 is 2.71 bits per heavy atom. The van der Waals surface area contributed by atoms with Crippen molar-refractivity contribution in [3.8, 4) is 0 Å². The average Bonchev–Trinajstić information content (AvgIpc) is 2.53. The van der Waals surface area contributed by atoms with Gasteiger partial charge in [0.05, 0.1) is 17.9 Å². The van der Waals surface area contributed by atoms with Crippen LogP contribution in [-0.2, 0) is 0 Å². The standard InChI is InChI=1S/C7H7F3N2OS/c8-7(9,10)3-1-2-6(13)5-4-11-14-12-5/h4H,1-3H2. The molecular weight excluding hydrogens is 217 g/mol. The molecule has 0 N–H and O–H groups in total. The molecule has 1 rings (SSSR count). The van der Waals surface area contributed by atoms with Crippen LogP contribution in [0.2, 0.25) is 0 Å². The summed E-state index contributed by atoms with van der Waals surface area (Å²) in [6.07, 6.45) is -4.19. The van der Waals surface area contributed by atoms with Crippen LogP contribution in [0, 0.1) is 0 Å². The van der Waals surface area contributed by atoms with E-state index in [1.165, 1.54) is 6.20 Å². The zero-order chi connectivity index (χ0) is 10.6. The minimum Gasteiger partial charge on any atom is -0.292 e. The second-order valence-corrected chi connectivity index (χ2v) is 3.24. The molecule has 0 fully saturated rings. The van der Waals surface area contributed by atoms with Crippen molar-refractivity contribution >= 4 is 17.5 Å². The minimum absolute atomic E-state index is 0.134. The van der Waals surface area contributed by atoms with Gasteiger partial charge in [0.1, 0.15) is 5.69 Å². The SMILES string of the molecule is O=C(CCCC(F)(F)F)c1cnsn1. The molecule has 0 aromatic carbocycles. The Hall–Kier alpha value is -0.980. The molecule has 0 bridgehead atoms.